The van der Waals surface area contributed by atoms with Crippen LogP contribution in [0.25, 0.3) is 0 Å². The number of carbonyl (C=O) groups is 2. The van der Waals surface area contributed by atoms with Crippen molar-refractivity contribution in [1.29, 1.82) is 0 Å². The van der Waals surface area contributed by atoms with Gasteiger partial charge in [-0.1, -0.05) is 29.8 Å². The molecule has 0 bridgehead atoms. The van der Waals surface area contributed by atoms with Gasteiger partial charge in [0.15, 0.2) is 13.2 Å². The lowest BCUT2D eigenvalue weighted by atomic mass is 10.2. The van der Waals surface area contributed by atoms with Crippen molar-refractivity contribution in [3.63, 3.8) is 0 Å². The van der Waals surface area contributed by atoms with Crippen LogP contribution in [0.15, 0.2) is 42.5 Å². The Kier molecular flexibility index (Phi) is 8.15. The number of aryl methyl sites for hydroxylation is 1. The van der Waals surface area contributed by atoms with Crippen molar-refractivity contribution in [2.45, 2.75) is 17.9 Å². The molecule has 1 aliphatic heterocycles. The summed E-state index contributed by atoms with van der Waals surface area (Å²) < 4.78 is 10.9. The molecule has 5 nitrogen and oxygen atoms in total. The van der Waals surface area contributed by atoms with E-state index in [1.54, 1.807) is 18.2 Å². The second kappa shape index (κ2) is 10.8. The molecule has 0 spiro atoms. The molecule has 2 aromatic carbocycles. The van der Waals surface area contributed by atoms with Crippen LogP contribution in [0.1, 0.15) is 22.1 Å². The van der Waals surface area contributed by atoms with Crippen LogP contribution < -0.4 is 10.1 Å². The number of halogens is 1. The molecule has 0 radical (unpaired) electrons. The Bertz CT molecular complexity index is 854. The van der Waals surface area contributed by atoms with Crippen molar-refractivity contribution in [1.82, 2.24) is 0 Å². The summed E-state index contributed by atoms with van der Waals surface area (Å²) in [7, 11) is 0. The van der Waals surface area contributed by atoms with Crippen molar-refractivity contribution in [3.05, 3.63) is 58.6 Å². The van der Waals surface area contributed by atoms with E-state index in [9.17, 15) is 9.59 Å². The van der Waals surface area contributed by atoms with Gasteiger partial charge in [-0.25, -0.2) is 4.79 Å². The van der Waals surface area contributed by atoms with E-state index in [2.05, 4.69) is 5.32 Å². The molecular weight excluding hydrogens is 430 g/mol. The van der Waals surface area contributed by atoms with Crippen LogP contribution >= 0.6 is 35.1 Å². The molecule has 0 aromatic heterocycles. The van der Waals surface area contributed by atoms with Gasteiger partial charge >= 0.3 is 5.97 Å². The van der Waals surface area contributed by atoms with Gasteiger partial charge in [-0.05, 0) is 60.2 Å². The predicted molar refractivity (Wildman–Crippen MR) is 120 cm³/mol. The number of ether oxygens (including phenoxy) is 2. The van der Waals surface area contributed by atoms with Gasteiger partial charge in [-0.3, -0.25) is 4.79 Å². The summed E-state index contributed by atoms with van der Waals surface area (Å²) in [6.07, 6.45) is 1.26. The highest BCUT2D eigenvalue weighted by molar-refractivity contribution is 8.16. The highest BCUT2D eigenvalue weighted by atomic mass is 35.5. The quantitative estimate of drug-likeness (QED) is 0.592. The zero-order valence-corrected chi connectivity index (χ0v) is 18.4. The number of anilines is 1. The second-order valence-corrected chi connectivity index (χ2v) is 9.59. The lowest BCUT2D eigenvalue weighted by molar-refractivity contribution is -0.149. The molecule has 154 valence electrons. The van der Waals surface area contributed by atoms with Gasteiger partial charge < -0.3 is 14.8 Å². The first-order valence-electron chi connectivity index (χ1n) is 9.19. The standard InChI is InChI=1S/C21H22ClNO4S2/c1-14-3-6-16(11-18(14)22)23-19(24)12-27-20(25)13-26-17-7-4-15(5-8-17)21-28-9-2-10-29-21/h3-8,11,21H,2,9-10,12-13H2,1H3,(H,23,24). The van der Waals surface area contributed by atoms with Crippen molar-refractivity contribution < 1.29 is 19.1 Å². The average molecular weight is 452 g/mol. The number of hydrogen-bond acceptors (Lipinski definition) is 6. The number of rotatable bonds is 7. The van der Waals surface area contributed by atoms with E-state index in [0.717, 1.165) is 5.56 Å². The molecule has 0 saturated carbocycles. The molecule has 1 saturated heterocycles. The maximum atomic E-state index is 11.9. The molecule has 1 fully saturated rings. The summed E-state index contributed by atoms with van der Waals surface area (Å²) in [5.41, 5.74) is 2.72. The molecule has 0 aliphatic carbocycles. The fourth-order valence-electron chi connectivity index (χ4n) is 2.60. The minimum absolute atomic E-state index is 0.254. The molecule has 29 heavy (non-hydrogen) atoms. The molecule has 1 N–H and O–H groups in total. The van der Waals surface area contributed by atoms with E-state index in [4.69, 9.17) is 21.1 Å². The van der Waals surface area contributed by atoms with E-state index in [1.165, 1.54) is 23.5 Å². The molecular formula is C21H22ClNO4S2. The number of thioether (sulfide) groups is 2. The van der Waals surface area contributed by atoms with Crippen LogP contribution in [-0.4, -0.2) is 36.6 Å². The summed E-state index contributed by atoms with van der Waals surface area (Å²) in [5, 5.41) is 3.19. The first-order chi connectivity index (χ1) is 14.0. The Morgan fingerprint density at radius 1 is 1.10 bits per heavy atom. The predicted octanol–water partition coefficient (Wildman–Crippen LogP) is 5.08. The summed E-state index contributed by atoms with van der Waals surface area (Å²) in [6.45, 7) is 1.23. The SMILES string of the molecule is Cc1ccc(NC(=O)COC(=O)COc2ccc(C3SCCCS3)cc2)cc1Cl. The maximum Gasteiger partial charge on any atom is 0.344 e. The van der Waals surface area contributed by atoms with Gasteiger partial charge in [0.05, 0.1) is 4.58 Å². The Morgan fingerprint density at radius 3 is 2.52 bits per heavy atom. The fourth-order valence-corrected chi connectivity index (χ4v) is 5.67. The highest BCUT2D eigenvalue weighted by Gasteiger charge is 2.16. The summed E-state index contributed by atoms with van der Waals surface area (Å²) in [6, 6.07) is 12.9. The minimum atomic E-state index is -0.607. The lowest BCUT2D eigenvalue weighted by Crippen LogP contribution is -2.23. The normalized spacial score (nSPS) is 14.3. The van der Waals surface area contributed by atoms with Crippen LogP contribution in [0.2, 0.25) is 5.02 Å². The Balaban J connectivity index is 1.39. The van der Waals surface area contributed by atoms with E-state index in [1.807, 2.05) is 54.7 Å². The van der Waals surface area contributed by atoms with Crippen molar-refractivity contribution in [2.24, 2.45) is 0 Å². The van der Waals surface area contributed by atoms with Crippen molar-refractivity contribution in [3.8, 4) is 5.75 Å². The van der Waals surface area contributed by atoms with Gasteiger partial charge in [0, 0.05) is 10.7 Å². The van der Waals surface area contributed by atoms with Gasteiger partial charge in [0.1, 0.15) is 5.75 Å². The molecule has 2 aromatic rings. The number of carbonyl (C=O) groups excluding carboxylic acids is 2. The molecule has 0 unspecified atom stereocenters. The van der Waals surface area contributed by atoms with Crippen LogP contribution in [0.5, 0.6) is 5.75 Å². The number of hydrogen-bond donors (Lipinski definition) is 1. The average Bonchev–Trinajstić information content (AvgIpc) is 2.74. The number of esters is 1. The third kappa shape index (κ3) is 6.87. The molecule has 0 atom stereocenters. The number of nitrogens with one attached hydrogen (secondary N) is 1. The van der Waals surface area contributed by atoms with Crippen LogP contribution in [0.4, 0.5) is 5.69 Å². The maximum absolute atomic E-state index is 11.9. The molecule has 1 aliphatic rings. The fraction of sp³-hybridized carbons (Fsp3) is 0.333. The molecule has 1 amide bonds. The molecule has 1 heterocycles. The third-order valence-electron chi connectivity index (χ3n) is 4.16. The third-order valence-corrected chi connectivity index (χ3v) is 7.58. The second-order valence-electron chi connectivity index (χ2n) is 6.46. The Hall–Kier alpha value is -1.83. The lowest BCUT2D eigenvalue weighted by Gasteiger charge is -2.21. The molecule has 8 heteroatoms. The first kappa shape index (κ1) is 21.9. The molecule has 3 rings (SSSR count). The summed E-state index contributed by atoms with van der Waals surface area (Å²) in [5.74, 6) is 1.92. The summed E-state index contributed by atoms with van der Waals surface area (Å²) in [4.78, 5) is 23.7. The monoisotopic (exact) mass is 451 g/mol. The van der Waals surface area contributed by atoms with E-state index >= 15 is 0 Å². The van der Waals surface area contributed by atoms with Gasteiger partial charge in [0.25, 0.3) is 5.91 Å². The largest absolute Gasteiger partial charge is 0.482 e. The number of amides is 1. The minimum Gasteiger partial charge on any atom is -0.482 e. The van der Waals surface area contributed by atoms with Crippen LogP contribution in [0.3, 0.4) is 0 Å². The van der Waals surface area contributed by atoms with Crippen LogP contribution in [-0.2, 0) is 14.3 Å². The van der Waals surface area contributed by atoms with E-state index in [0.29, 0.717) is 21.0 Å². The summed E-state index contributed by atoms with van der Waals surface area (Å²) >= 11 is 9.93. The van der Waals surface area contributed by atoms with Gasteiger partial charge in [-0.15, -0.1) is 23.5 Å². The smallest absolute Gasteiger partial charge is 0.344 e. The zero-order valence-electron chi connectivity index (χ0n) is 16.0. The first-order valence-corrected chi connectivity index (χ1v) is 11.7. The van der Waals surface area contributed by atoms with Gasteiger partial charge in [0.2, 0.25) is 0 Å². The van der Waals surface area contributed by atoms with E-state index < -0.39 is 11.9 Å². The Labute approximate surface area is 183 Å². The number of benzene rings is 2. The van der Waals surface area contributed by atoms with Gasteiger partial charge in [-0.2, -0.15) is 0 Å². The highest BCUT2D eigenvalue weighted by Crippen LogP contribution is 2.43. The zero-order chi connectivity index (χ0) is 20.6. The Morgan fingerprint density at radius 2 is 1.83 bits per heavy atom. The van der Waals surface area contributed by atoms with Crippen molar-refractivity contribution in [2.75, 3.05) is 30.0 Å². The van der Waals surface area contributed by atoms with E-state index in [-0.39, 0.29) is 13.2 Å². The van der Waals surface area contributed by atoms with Crippen molar-refractivity contribution >= 4 is 52.7 Å². The topological polar surface area (TPSA) is 64.6 Å². The van der Waals surface area contributed by atoms with Crippen LogP contribution in [0, 0.1) is 6.92 Å².